The third kappa shape index (κ3) is 3.66. The number of hydrogen-bond acceptors (Lipinski definition) is 2. The van der Waals surface area contributed by atoms with Crippen LogP contribution >= 0.6 is 34.7 Å². The average Bonchev–Trinajstić information content (AvgIpc) is 3.24. The van der Waals surface area contributed by atoms with Crippen LogP contribution in [0.3, 0.4) is 0 Å². The van der Waals surface area contributed by atoms with Crippen molar-refractivity contribution in [3.05, 3.63) is 91.2 Å². The van der Waals surface area contributed by atoms with Gasteiger partial charge < -0.3 is 4.57 Å². The highest BCUT2D eigenvalue weighted by atomic mass is 35.5. The maximum Gasteiger partial charge on any atom is 0.0949 e. The van der Waals surface area contributed by atoms with Crippen LogP contribution in [0.5, 0.6) is 0 Å². The van der Waals surface area contributed by atoms with Crippen LogP contribution in [0.2, 0.25) is 0 Å². The molecule has 1 aromatic heterocycles. The molecule has 1 atom stereocenters. The van der Waals surface area contributed by atoms with E-state index in [2.05, 4.69) is 68.5 Å². The number of rotatable bonds is 4. The molecule has 0 bridgehead atoms. The predicted molar refractivity (Wildman–Crippen MR) is 110 cm³/mol. The van der Waals surface area contributed by atoms with Gasteiger partial charge in [-0.1, -0.05) is 48.0 Å². The monoisotopic (exact) mass is 389 g/mol. The first kappa shape index (κ1) is 17.8. The summed E-state index contributed by atoms with van der Waals surface area (Å²) >= 11 is 6.68. The van der Waals surface area contributed by atoms with Gasteiger partial charge in [0.25, 0.3) is 0 Å². The van der Waals surface area contributed by atoms with Crippen LogP contribution in [-0.4, -0.2) is 13.9 Å². The molecule has 3 nitrogen and oxygen atoms in total. The molecule has 0 saturated heterocycles. The van der Waals surface area contributed by atoms with Crippen molar-refractivity contribution in [2.75, 3.05) is 4.31 Å². The number of hydrogen-bond donors (Lipinski definition) is 0. The van der Waals surface area contributed by atoms with E-state index in [1.54, 1.807) is 6.20 Å². The minimum Gasteiger partial charge on any atom is -0.332 e. The minimum atomic E-state index is -0.327. The maximum absolute atomic E-state index is 6.68. The molecule has 0 spiro atoms. The van der Waals surface area contributed by atoms with Gasteiger partial charge in [-0.3, -0.25) is 4.31 Å². The summed E-state index contributed by atoms with van der Waals surface area (Å²) in [4.78, 5) is 5.35. The van der Waals surface area contributed by atoms with Crippen molar-refractivity contribution in [3.8, 4) is 0 Å². The van der Waals surface area contributed by atoms with Crippen molar-refractivity contribution in [2.45, 2.75) is 11.4 Å². The van der Waals surface area contributed by atoms with Crippen molar-refractivity contribution in [3.63, 3.8) is 0 Å². The van der Waals surface area contributed by atoms with Gasteiger partial charge >= 0.3 is 0 Å². The summed E-state index contributed by atoms with van der Waals surface area (Å²) < 4.78 is 5.25. The first-order valence-corrected chi connectivity index (χ1v) is 9.22. The molecule has 1 unspecified atom stereocenters. The molecule has 2 aromatic carbocycles. The smallest absolute Gasteiger partial charge is 0.0949 e. The number of allylic oxidation sites excluding steroid dienone is 2. The Morgan fingerprint density at radius 2 is 1.64 bits per heavy atom. The van der Waals surface area contributed by atoms with Crippen LogP contribution in [0.1, 0.15) is 0 Å². The second-order valence-corrected chi connectivity index (χ2v) is 7.88. The van der Waals surface area contributed by atoms with E-state index in [4.69, 9.17) is 11.6 Å². The topological polar surface area (TPSA) is 21.1 Å². The molecular weight excluding hydrogens is 373 g/mol. The standard InChI is InChI=1S/C19H16ClN3S.ClH/c20-19-13-17(14-22-12-11-21-15-22)23(16-7-3-1-4-8-16)24(19)18-9-5-2-6-10-18;/h1-13,15H,14H2;1H. The fourth-order valence-corrected chi connectivity index (χ4v) is 5.28. The SMILES string of the molecule is Cl.ClC1=S(c2ccccc2)N(c2ccccc2)C(Cn2ccnc2)=C1. The molecule has 0 amide bonds. The fourth-order valence-electron chi connectivity index (χ4n) is 2.73. The third-order valence-corrected chi connectivity index (χ3v) is 6.33. The Balaban J connectivity index is 0.00000182. The van der Waals surface area contributed by atoms with E-state index in [9.17, 15) is 0 Å². The van der Waals surface area contributed by atoms with Crippen molar-refractivity contribution in [2.24, 2.45) is 0 Å². The summed E-state index contributed by atoms with van der Waals surface area (Å²) in [5.74, 6) is 0. The van der Waals surface area contributed by atoms with E-state index in [-0.39, 0.29) is 23.1 Å². The van der Waals surface area contributed by atoms with Crippen LogP contribution in [0.4, 0.5) is 5.69 Å². The van der Waals surface area contributed by atoms with Crippen molar-refractivity contribution in [1.82, 2.24) is 9.55 Å². The molecule has 0 saturated carbocycles. The van der Waals surface area contributed by atoms with Gasteiger partial charge in [0.1, 0.15) is 0 Å². The molecule has 0 N–H and O–H groups in total. The molecule has 25 heavy (non-hydrogen) atoms. The molecule has 0 aliphatic carbocycles. The first-order chi connectivity index (χ1) is 11.8. The lowest BCUT2D eigenvalue weighted by atomic mass is 10.3. The summed E-state index contributed by atoms with van der Waals surface area (Å²) in [7, 11) is -0.327. The van der Waals surface area contributed by atoms with Gasteiger partial charge in [-0.25, -0.2) is 4.98 Å². The van der Waals surface area contributed by atoms with E-state index >= 15 is 0 Å². The van der Waals surface area contributed by atoms with Crippen molar-refractivity contribution in [1.29, 1.82) is 0 Å². The van der Waals surface area contributed by atoms with Crippen LogP contribution in [0.15, 0.2) is 96.1 Å². The fraction of sp³-hybridized carbons (Fsp3) is 0.0526. The number of imidazole rings is 1. The lowest BCUT2D eigenvalue weighted by Gasteiger charge is -2.27. The molecule has 6 heteroatoms. The van der Waals surface area contributed by atoms with Gasteiger partial charge in [0, 0.05) is 17.3 Å². The zero-order valence-electron chi connectivity index (χ0n) is 13.3. The van der Waals surface area contributed by atoms with Gasteiger partial charge in [-0.05, 0) is 41.0 Å². The summed E-state index contributed by atoms with van der Waals surface area (Å²) in [5.41, 5.74) is 2.31. The summed E-state index contributed by atoms with van der Waals surface area (Å²) in [6.45, 7) is 0.738. The molecule has 0 radical (unpaired) electrons. The van der Waals surface area contributed by atoms with Gasteiger partial charge in [-0.2, -0.15) is 0 Å². The Bertz CT molecular complexity index is 891. The zero-order valence-corrected chi connectivity index (χ0v) is 15.7. The average molecular weight is 390 g/mol. The van der Waals surface area contributed by atoms with E-state index < -0.39 is 0 Å². The lowest BCUT2D eigenvalue weighted by Crippen LogP contribution is -2.17. The van der Waals surface area contributed by atoms with E-state index in [0.717, 1.165) is 22.3 Å². The Hall–Kier alpha value is -2.01. The molecule has 1 aliphatic rings. The van der Waals surface area contributed by atoms with E-state index in [1.807, 2.05) is 24.7 Å². The highest BCUT2D eigenvalue weighted by molar-refractivity contribution is 8.19. The number of aromatic nitrogens is 2. The molecule has 4 rings (SSSR count). The lowest BCUT2D eigenvalue weighted by molar-refractivity contribution is 0.777. The Morgan fingerprint density at radius 3 is 2.28 bits per heavy atom. The quantitative estimate of drug-likeness (QED) is 0.444. The Labute approximate surface area is 161 Å². The van der Waals surface area contributed by atoms with Crippen molar-refractivity contribution >= 4 is 44.7 Å². The van der Waals surface area contributed by atoms with Crippen molar-refractivity contribution < 1.29 is 0 Å². The molecule has 128 valence electrons. The second-order valence-electron chi connectivity index (χ2n) is 5.40. The first-order valence-electron chi connectivity index (χ1n) is 7.66. The Morgan fingerprint density at radius 1 is 0.960 bits per heavy atom. The maximum atomic E-state index is 6.68. The number of anilines is 1. The molecule has 3 aromatic rings. The van der Waals surface area contributed by atoms with Gasteiger partial charge in [-0.15, -0.1) is 12.4 Å². The van der Waals surface area contributed by atoms with E-state index in [1.165, 1.54) is 4.90 Å². The Kier molecular flexibility index (Phi) is 5.63. The molecule has 2 heterocycles. The highest BCUT2D eigenvalue weighted by Gasteiger charge is 2.25. The number of benzene rings is 2. The van der Waals surface area contributed by atoms with Crippen LogP contribution in [-0.2, 0) is 6.54 Å². The molecule has 1 aliphatic heterocycles. The molecule has 0 fully saturated rings. The zero-order chi connectivity index (χ0) is 16.4. The summed E-state index contributed by atoms with van der Waals surface area (Å²) in [6.07, 6.45) is 7.68. The van der Waals surface area contributed by atoms with E-state index in [0.29, 0.717) is 0 Å². The van der Waals surface area contributed by atoms with Crippen LogP contribution in [0, 0.1) is 0 Å². The summed E-state index contributed by atoms with van der Waals surface area (Å²) in [5, 5.41) is 0. The van der Waals surface area contributed by atoms with Crippen LogP contribution in [0.25, 0.3) is 0 Å². The summed E-state index contributed by atoms with van der Waals surface area (Å²) in [6, 6.07) is 20.8. The van der Waals surface area contributed by atoms with Gasteiger partial charge in [0.2, 0.25) is 0 Å². The number of nitrogens with zero attached hydrogens (tertiary/aromatic N) is 3. The third-order valence-electron chi connectivity index (χ3n) is 3.77. The predicted octanol–water partition coefficient (Wildman–Crippen LogP) is 5.32. The number of halogens is 2. The van der Waals surface area contributed by atoms with Gasteiger partial charge in [0.05, 0.1) is 28.6 Å². The molecular formula is C19H17Cl2N3S. The number of para-hydroxylation sites is 1. The minimum absolute atomic E-state index is 0. The largest absolute Gasteiger partial charge is 0.332 e. The van der Waals surface area contributed by atoms with Crippen LogP contribution < -0.4 is 4.31 Å². The van der Waals surface area contributed by atoms with Gasteiger partial charge in [0.15, 0.2) is 0 Å². The second kappa shape index (κ2) is 7.91. The highest BCUT2D eigenvalue weighted by Crippen LogP contribution is 2.44. The normalized spacial score (nSPS) is 16.5.